The number of thioether (sulfide) groups is 1. The summed E-state index contributed by atoms with van der Waals surface area (Å²) in [6.45, 7) is 3.77. The first-order valence-electron chi connectivity index (χ1n) is 9.10. The summed E-state index contributed by atoms with van der Waals surface area (Å²) in [7, 11) is -1.21. The fraction of sp³-hybridized carbons (Fsp3) is 0.300. The summed E-state index contributed by atoms with van der Waals surface area (Å²) in [4.78, 5) is 30.1. The molecule has 0 saturated heterocycles. The molecule has 30 heavy (non-hydrogen) atoms. The third-order valence-electron chi connectivity index (χ3n) is 3.95. The van der Waals surface area contributed by atoms with Crippen LogP contribution in [-0.2, 0) is 19.7 Å². The number of benzene rings is 2. The normalized spacial score (nSPS) is 11.5. The number of carbonyl (C=O) groups excluding carboxylic acids is 2. The van der Waals surface area contributed by atoms with E-state index in [1.54, 1.807) is 24.3 Å². The van der Waals surface area contributed by atoms with Gasteiger partial charge in [0, 0.05) is 23.7 Å². The number of sulfonamides is 1. The lowest BCUT2D eigenvalue weighted by Gasteiger charge is -2.14. The molecule has 2 N–H and O–H groups in total. The van der Waals surface area contributed by atoms with Gasteiger partial charge in [-0.05, 0) is 50.2 Å². The molecule has 0 atom stereocenters. The zero-order valence-electron chi connectivity index (χ0n) is 17.2. The van der Waals surface area contributed by atoms with E-state index < -0.39 is 10.0 Å². The van der Waals surface area contributed by atoms with Crippen LogP contribution in [0, 0.1) is 0 Å². The van der Waals surface area contributed by atoms with Gasteiger partial charge in [-0.1, -0.05) is 16.6 Å². The number of hydrogen-bond acceptors (Lipinski definition) is 6. The van der Waals surface area contributed by atoms with Crippen molar-refractivity contribution in [3.8, 4) is 0 Å². The highest BCUT2D eigenvalue weighted by Crippen LogP contribution is 2.24. The second-order valence-corrected chi connectivity index (χ2v) is 9.54. The average molecular weight is 452 g/mol. The Labute approximate surface area is 181 Å². The highest BCUT2D eigenvalue weighted by Gasteiger charge is 2.20. The molecule has 0 unspecified atom stereocenters. The number of hydrogen-bond donors (Lipinski definition) is 2. The zero-order chi connectivity index (χ0) is 22.3. The lowest BCUT2D eigenvalue weighted by molar-refractivity contribution is -0.119. The Balaban J connectivity index is 2.10. The predicted octanol–water partition coefficient (Wildman–Crippen LogP) is 2.74. The quantitative estimate of drug-likeness (QED) is 0.449. The van der Waals surface area contributed by atoms with Crippen molar-refractivity contribution in [3.63, 3.8) is 0 Å². The monoisotopic (exact) mass is 451 g/mol. The van der Waals surface area contributed by atoms with Gasteiger partial charge in [0.15, 0.2) is 0 Å². The molecule has 2 aromatic rings. The number of amides is 2. The summed E-state index contributed by atoms with van der Waals surface area (Å²) in [5.41, 5.74) is 0.868. The molecule has 2 amide bonds. The molecule has 0 bridgehead atoms. The van der Waals surface area contributed by atoms with Crippen LogP contribution in [0.4, 0.5) is 5.69 Å². The summed E-state index contributed by atoms with van der Waals surface area (Å²) >= 11 is 1.28. The summed E-state index contributed by atoms with van der Waals surface area (Å²) in [5.74, 6) is -0.266. The van der Waals surface area contributed by atoms with Crippen LogP contribution in [-0.4, -0.2) is 50.7 Å². The van der Waals surface area contributed by atoms with Gasteiger partial charge in [0.1, 0.15) is 0 Å². The number of rotatable bonds is 9. The molecule has 0 aliphatic rings. The van der Waals surface area contributed by atoms with E-state index in [9.17, 15) is 18.0 Å². The van der Waals surface area contributed by atoms with Gasteiger partial charge in [0.2, 0.25) is 5.91 Å². The van der Waals surface area contributed by atoms with Crippen LogP contribution in [0.25, 0.3) is 0 Å². The van der Waals surface area contributed by atoms with Crippen molar-refractivity contribution in [2.24, 2.45) is 0 Å². The van der Waals surface area contributed by atoms with Crippen molar-refractivity contribution in [1.82, 2.24) is 9.79 Å². The van der Waals surface area contributed by atoms with E-state index in [4.69, 9.17) is 4.84 Å². The van der Waals surface area contributed by atoms with E-state index >= 15 is 0 Å². The van der Waals surface area contributed by atoms with Crippen molar-refractivity contribution < 1.29 is 22.8 Å². The van der Waals surface area contributed by atoms with Gasteiger partial charge in [-0.15, -0.1) is 11.8 Å². The Kier molecular flexibility index (Phi) is 8.42. The maximum Gasteiger partial charge on any atom is 0.264 e. The zero-order valence-corrected chi connectivity index (χ0v) is 18.8. The van der Waals surface area contributed by atoms with Crippen LogP contribution in [0.15, 0.2) is 58.3 Å². The average Bonchev–Trinajstić information content (AvgIpc) is 2.71. The Morgan fingerprint density at radius 1 is 1.10 bits per heavy atom. The van der Waals surface area contributed by atoms with Crippen molar-refractivity contribution in [3.05, 3.63) is 54.1 Å². The topological polar surface area (TPSA) is 105 Å². The highest BCUT2D eigenvalue weighted by atomic mass is 32.2. The van der Waals surface area contributed by atoms with Gasteiger partial charge < -0.3 is 10.6 Å². The summed E-state index contributed by atoms with van der Waals surface area (Å²) in [5, 5.41) is 5.56. The Hall–Kier alpha value is -2.40. The summed E-state index contributed by atoms with van der Waals surface area (Å²) in [6, 6.07) is 12.8. The number of anilines is 1. The second-order valence-electron chi connectivity index (χ2n) is 6.58. The molecule has 2 aromatic carbocycles. The first-order valence-corrected chi connectivity index (χ1v) is 11.5. The van der Waals surface area contributed by atoms with E-state index in [-0.39, 0.29) is 28.5 Å². The summed E-state index contributed by atoms with van der Waals surface area (Å²) < 4.78 is 25.2. The Morgan fingerprint density at radius 2 is 1.73 bits per heavy atom. The van der Waals surface area contributed by atoms with Gasteiger partial charge >= 0.3 is 0 Å². The highest BCUT2D eigenvalue weighted by molar-refractivity contribution is 8.00. The molecule has 162 valence electrons. The smallest absolute Gasteiger partial charge is 0.264 e. The molecule has 0 aliphatic carbocycles. The van der Waals surface area contributed by atoms with Crippen molar-refractivity contribution in [2.45, 2.75) is 29.7 Å². The van der Waals surface area contributed by atoms with Crippen LogP contribution in [0.1, 0.15) is 24.2 Å². The number of nitrogens with one attached hydrogen (secondary N) is 2. The van der Waals surface area contributed by atoms with E-state index in [2.05, 4.69) is 10.6 Å². The lowest BCUT2D eigenvalue weighted by atomic mass is 10.2. The molecule has 0 saturated carbocycles. The maximum atomic E-state index is 12.7. The molecule has 0 aromatic heterocycles. The van der Waals surface area contributed by atoms with Crippen LogP contribution in [0.3, 0.4) is 0 Å². The molecule has 2 rings (SSSR count). The number of carbonyl (C=O) groups is 2. The third-order valence-corrected chi connectivity index (χ3v) is 6.71. The molecule has 0 spiro atoms. The first kappa shape index (κ1) is 23.9. The molecule has 8 nitrogen and oxygen atoms in total. The predicted molar refractivity (Wildman–Crippen MR) is 117 cm³/mol. The van der Waals surface area contributed by atoms with E-state index in [0.29, 0.717) is 16.1 Å². The molecular formula is C20H25N3O5S2. The molecule has 0 heterocycles. The minimum atomic E-state index is -3.76. The minimum Gasteiger partial charge on any atom is -0.353 e. The van der Waals surface area contributed by atoms with E-state index in [1.165, 1.54) is 50.2 Å². The molecule has 0 fully saturated rings. The molecule has 0 radical (unpaired) electrons. The van der Waals surface area contributed by atoms with Crippen LogP contribution >= 0.6 is 11.8 Å². The number of nitrogens with zero attached hydrogens (tertiary/aromatic N) is 1. The van der Waals surface area contributed by atoms with Crippen LogP contribution in [0.2, 0.25) is 0 Å². The molecular weight excluding hydrogens is 426 g/mol. The fourth-order valence-corrected chi connectivity index (χ4v) is 4.28. The number of hydroxylamine groups is 1. The van der Waals surface area contributed by atoms with Gasteiger partial charge in [0.05, 0.1) is 23.3 Å². The summed E-state index contributed by atoms with van der Waals surface area (Å²) in [6.07, 6.45) is 0. The third kappa shape index (κ3) is 6.30. The Morgan fingerprint density at radius 3 is 2.33 bits per heavy atom. The second kappa shape index (κ2) is 10.6. The lowest BCUT2D eigenvalue weighted by Crippen LogP contribution is -2.31. The van der Waals surface area contributed by atoms with Gasteiger partial charge in [-0.2, -0.15) is 0 Å². The fourth-order valence-electron chi connectivity index (χ4n) is 2.44. The van der Waals surface area contributed by atoms with Crippen molar-refractivity contribution in [2.75, 3.05) is 25.2 Å². The van der Waals surface area contributed by atoms with Crippen LogP contribution < -0.4 is 10.6 Å². The largest absolute Gasteiger partial charge is 0.353 e. The standard InChI is InChI=1S/C20H25N3O5S2/c1-14(2)21-19(24)13-29-18-8-6-5-7-17(18)20(25)22-15-9-11-16(12-10-15)30(26,27)23(3)28-4/h5-12,14H,13H2,1-4H3,(H,21,24)(H,22,25). The maximum absolute atomic E-state index is 12.7. The van der Waals surface area contributed by atoms with Gasteiger partial charge in [-0.25, -0.2) is 8.42 Å². The van der Waals surface area contributed by atoms with E-state index in [0.717, 1.165) is 4.47 Å². The van der Waals surface area contributed by atoms with Crippen LogP contribution in [0.5, 0.6) is 0 Å². The van der Waals surface area contributed by atoms with Gasteiger partial charge in [0.25, 0.3) is 15.9 Å². The molecule has 10 heteroatoms. The first-order chi connectivity index (χ1) is 14.1. The van der Waals surface area contributed by atoms with E-state index in [1.807, 2.05) is 13.8 Å². The van der Waals surface area contributed by atoms with Crippen molar-refractivity contribution >= 4 is 39.3 Å². The Bertz CT molecular complexity index is 992. The van der Waals surface area contributed by atoms with Gasteiger partial charge in [-0.3, -0.25) is 14.4 Å². The van der Waals surface area contributed by atoms with Crippen molar-refractivity contribution in [1.29, 1.82) is 0 Å². The SMILES string of the molecule is CON(C)S(=O)(=O)c1ccc(NC(=O)c2ccccc2SCC(=O)NC(C)C)cc1. The molecule has 0 aliphatic heterocycles. The minimum absolute atomic E-state index is 0.0389.